The molecule has 0 amide bonds. The van der Waals surface area contributed by atoms with E-state index >= 15 is 0 Å². The van der Waals surface area contributed by atoms with Crippen LogP contribution in [0.1, 0.15) is 40.2 Å². The normalized spacial score (nSPS) is 9.22. The number of hydrogen-bond acceptors (Lipinski definition) is 7. The van der Waals surface area contributed by atoms with E-state index in [4.69, 9.17) is 14.6 Å². The zero-order chi connectivity index (χ0) is 25.1. The molecular weight excluding hydrogens is 412 g/mol. The topological polar surface area (TPSA) is 99.1 Å². The fourth-order valence-electron chi connectivity index (χ4n) is 1.47. The van der Waals surface area contributed by atoms with Crippen molar-refractivity contribution in [2.75, 3.05) is 19.8 Å². The second-order valence-corrected chi connectivity index (χ2v) is 7.25. The van der Waals surface area contributed by atoms with Gasteiger partial charge in [-0.15, -0.1) is 0 Å². The number of hydrogen-bond donors (Lipinski definition) is 1. The SMILES string of the molecule is C=C(C)C(=O)OCC(C)C.C=C(C)C(=O)OCCO.C=C(C)C(=O)OCc1ccccc1. The third-order valence-electron chi connectivity index (χ3n) is 3.13. The fraction of sp³-hybridized carbons (Fsp3) is 0.400. The average molecular weight is 449 g/mol. The fourth-order valence-corrected chi connectivity index (χ4v) is 1.47. The van der Waals surface area contributed by atoms with Crippen molar-refractivity contribution in [3.05, 3.63) is 72.4 Å². The first-order chi connectivity index (χ1) is 14.9. The van der Waals surface area contributed by atoms with Crippen molar-refractivity contribution in [1.82, 2.24) is 0 Å². The number of carbonyl (C=O) groups is 3. The van der Waals surface area contributed by atoms with E-state index in [1.165, 1.54) is 0 Å². The van der Waals surface area contributed by atoms with Crippen molar-refractivity contribution >= 4 is 17.9 Å². The highest BCUT2D eigenvalue weighted by atomic mass is 16.5. The molecule has 0 aliphatic heterocycles. The van der Waals surface area contributed by atoms with Crippen LogP contribution in [-0.4, -0.2) is 42.8 Å². The van der Waals surface area contributed by atoms with Crippen molar-refractivity contribution in [2.45, 2.75) is 41.2 Å². The summed E-state index contributed by atoms with van der Waals surface area (Å²) in [6.45, 7) is 19.8. The molecule has 7 nitrogen and oxygen atoms in total. The van der Waals surface area contributed by atoms with E-state index in [2.05, 4.69) is 24.5 Å². The van der Waals surface area contributed by atoms with E-state index in [-0.39, 0.29) is 25.2 Å². The van der Waals surface area contributed by atoms with E-state index in [1.807, 2.05) is 44.2 Å². The molecule has 0 aliphatic rings. The Labute approximate surface area is 191 Å². The Kier molecular flexibility index (Phi) is 18.0. The molecule has 0 aliphatic carbocycles. The molecule has 0 fully saturated rings. The Morgan fingerprint density at radius 3 is 1.66 bits per heavy atom. The summed E-state index contributed by atoms with van der Waals surface area (Å²) in [6.07, 6.45) is 0. The molecule has 0 bridgehead atoms. The van der Waals surface area contributed by atoms with Crippen LogP contribution in [0.15, 0.2) is 66.8 Å². The van der Waals surface area contributed by atoms with Gasteiger partial charge in [-0.05, 0) is 32.3 Å². The molecule has 0 radical (unpaired) electrons. The van der Waals surface area contributed by atoms with E-state index in [0.29, 0.717) is 35.9 Å². The van der Waals surface area contributed by atoms with Gasteiger partial charge < -0.3 is 19.3 Å². The third kappa shape index (κ3) is 18.8. The van der Waals surface area contributed by atoms with Crippen molar-refractivity contribution in [2.24, 2.45) is 5.92 Å². The molecule has 1 rings (SSSR count). The number of aliphatic hydroxyl groups excluding tert-OH is 1. The average Bonchev–Trinajstić information content (AvgIpc) is 2.75. The molecule has 0 heterocycles. The lowest BCUT2D eigenvalue weighted by atomic mass is 10.2. The van der Waals surface area contributed by atoms with Crippen molar-refractivity contribution < 1.29 is 33.7 Å². The van der Waals surface area contributed by atoms with Gasteiger partial charge in [0, 0.05) is 16.7 Å². The number of rotatable bonds is 9. The van der Waals surface area contributed by atoms with Crippen molar-refractivity contribution in [3.8, 4) is 0 Å². The van der Waals surface area contributed by atoms with Crippen LogP contribution in [0.25, 0.3) is 0 Å². The molecule has 178 valence electrons. The van der Waals surface area contributed by atoms with Gasteiger partial charge in [-0.2, -0.15) is 0 Å². The van der Waals surface area contributed by atoms with Crippen LogP contribution in [0.3, 0.4) is 0 Å². The molecule has 0 saturated carbocycles. The van der Waals surface area contributed by atoms with Crippen LogP contribution in [0, 0.1) is 5.92 Å². The van der Waals surface area contributed by atoms with E-state index in [0.717, 1.165) is 5.56 Å². The molecule has 0 atom stereocenters. The Balaban J connectivity index is 0. The summed E-state index contributed by atoms with van der Waals surface area (Å²) in [5, 5.41) is 8.19. The van der Waals surface area contributed by atoms with Gasteiger partial charge in [0.1, 0.15) is 13.2 Å². The lowest BCUT2D eigenvalue weighted by molar-refractivity contribution is -0.140. The quantitative estimate of drug-likeness (QED) is 0.344. The highest BCUT2D eigenvalue weighted by Gasteiger charge is 2.03. The Hall–Kier alpha value is -3.19. The van der Waals surface area contributed by atoms with Gasteiger partial charge in [0.15, 0.2) is 0 Å². The first-order valence-corrected chi connectivity index (χ1v) is 10.0. The predicted molar refractivity (Wildman–Crippen MR) is 125 cm³/mol. The Morgan fingerprint density at radius 1 is 0.812 bits per heavy atom. The maximum atomic E-state index is 11.0. The minimum absolute atomic E-state index is 0.0473. The molecule has 1 aromatic carbocycles. The maximum Gasteiger partial charge on any atom is 0.333 e. The van der Waals surface area contributed by atoms with Gasteiger partial charge >= 0.3 is 17.9 Å². The van der Waals surface area contributed by atoms with E-state index in [9.17, 15) is 14.4 Å². The second-order valence-electron chi connectivity index (χ2n) is 7.25. The summed E-state index contributed by atoms with van der Waals surface area (Å²) in [6, 6.07) is 9.55. The summed E-state index contributed by atoms with van der Waals surface area (Å²) in [4.78, 5) is 32.2. The summed E-state index contributed by atoms with van der Waals surface area (Å²) in [5.41, 5.74) is 2.22. The Morgan fingerprint density at radius 2 is 1.25 bits per heavy atom. The standard InChI is InChI=1S/C11H12O2.C8H14O2.C6H10O3/c1-9(2)11(12)13-8-10-6-4-3-5-7-10;1-6(2)5-10-8(9)7(3)4;1-5(2)6(8)9-4-3-7/h3-7H,1,8H2,2H3;6H,3,5H2,1-2,4H3;7H,1,3-4H2,2H3. The molecule has 0 unspecified atom stereocenters. The molecule has 32 heavy (non-hydrogen) atoms. The first-order valence-electron chi connectivity index (χ1n) is 10.0. The van der Waals surface area contributed by atoms with Crippen LogP contribution >= 0.6 is 0 Å². The highest BCUT2D eigenvalue weighted by molar-refractivity contribution is 5.87. The summed E-state index contributed by atoms with van der Waals surface area (Å²) < 4.78 is 14.2. The van der Waals surface area contributed by atoms with Gasteiger partial charge in [0.25, 0.3) is 0 Å². The van der Waals surface area contributed by atoms with Crippen LogP contribution in [-0.2, 0) is 35.2 Å². The predicted octanol–water partition coefficient (Wildman–Crippen LogP) is 4.17. The monoisotopic (exact) mass is 448 g/mol. The van der Waals surface area contributed by atoms with Crippen LogP contribution < -0.4 is 0 Å². The number of benzene rings is 1. The Bertz CT molecular complexity index is 749. The first kappa shape index (κ1) is 31.0. The van der Waals surface area contributed by atoms with E-state index in [1.54, 1.807) is 20.8 Å². The molecule has 1 aromatic rings. The second kappa shape index (κ2) is 18.6. The van der Waals surface area contributed by atoms with Crippen LogP contribution in [0.2, 0.25) is 0 Å². The number of carbonyl (C=O) groups excluding carboxylic acids is 3. The van der Waals surface area contributed by atoms with Gasteiger partial charge in [0.2, 0.25) is 0 Å². The number of esters is 3. The molecule has 0 spiro atoms. The zero-order valence-electron chi connectivity index (χ0n) is 19.8. The van der Waals surface area contributed by atoms with Crippen LogP contribution in [0.5, 0.6) is 0 Å². The summed E-state index contributed by atoms with van der Waals surface area (Å²) >= 11 is 0. The largest absolute Gasteiger partial charge is 0.462 e. The molecule has 7 heteroatoms. The third-order valence-corrected chi connectivity index (χ3v) is 3.13. The van der Waals surface area contributed by atoms with Gasteiger partial charge in [-0.1, -0.05) is 63.9 Å². The maximum absolute atomic E-state index is 11.0. The van der Waals surface area contributed by atoms with Gasteiger partial charge in [-0.3, -0.25) is 0 Å². The van der Waals surface area contributed by atoms with E-state index < -0.39 is 5.97 Å². The van der Waals surface area contributed by atoms with Crippen LogP contribution in [0.4, 0.5) is 0 Å². The van der Waals surface area contributed by atoms with Crippen molar-refractivity contribution in [3.63, 3.8) is 0 Å². The summed E-state index contributed by atoms with van der Waals surface area (Å²) in [7, 11) is 0. The molecule has 0 aromatic heterocycles. The highest BCUT2D eigenvalue weighted by Crippen LogP contribution is 2.02. The zero-order valence-corrected chi connectivity index (χ0v) is 19.8. The summed E-state index contributed by atoms with van der Waals surface area (Å²) in [5.74, 6) is -0.704. The molecule has 0 saturated heterocycles. The smallest absolute Gasteiger partial charge is 0.333 e. The lowest BCUT2D eigenvalue weighted by Crippen LogP contribution is -2.09. The van der Waals surface area contributed by atoms with Gasteiger partial charge in [0.05, 0.1) is 13.2 Å². The van der Waals surface area contributed by atoms with Gasteiger partial charge in [-0.25, -0.2) is 14.4 Å². The minimum Gasteiger partial charge on any atom is -0.462 e. The minimum atomic E-state index is -0.455. The number of ether oxygens (including phenoxy) is 3. The lowest BCUT2D eigenvalue weighted by Gasteiger charge is -2.05. The van der Waals surface area contributed by atoms with Crippen molar-refractivity contribution in [1.29, 1.82) is 0 Å². The number of aliphatic hydroxyl groups is 1. The molecular formula is C25H36O7. The molecule has 1 N–H and O–H groups in total.